The van der Waals surface area contributed by atoms with Gasteiger partial charge < -0.3 is 19.2 Å². The smallest absolute Gasteiger partial charge is 0.296 e. The molecule has 5 aromatic rings. The summed E-state index contributed by atoms with van der Waals surface area (Å²) in [6.07, 6.45) is 2.19. The van der Waals surface area contributed by atoms with E-state index in [0.717, 1.165) is 28.7 Å². The van der Waals surface area contributed by atoms with E-state index in [2.05, 4.69) is 61.8 Å². The first-order valence-corrected chi connectivity index (χ1v) is 12.4. The van der Waals surface area contributed by atoms with Gasteiger partial charge in [0.15, 0.2) is 18.1 Å². The average molecular weight is 516 g/mol. The number of halogens is 1. The number of nitrogens with zero attached hydrogens (tertiary/aromatic N) is 6. The number of hydrogen-bond acceptors (Lipinski definition) is 8. The zero-order valence-corrected chi connectivity index (χ0v) is 20.4. The molecule has 0 radical (unpaired) electrons. The molecule has 0 amide bonds. The lowest BCUT2D eigenvalue weighted by Gasteiger charge is -2.15. The van der Waals surface area contributed by atoms with E-state index >= 15 is 0 Å². The largest absolute Gasteiger partial charge is 0.456 e. The fourth-order valence-electron chi connectivity index (χ4n) is 4.88. The lowest BCUT2D eigenvalue weighted by Crippen LogP contribution is -2.32. The molecular formula is C26H22ClN7O3. The number of rotatable bonds is 6. The third kappa shape index (κ3) is 4.33. The molecule has 2 aromatic carbocycles. The van der Waals surface area contributed by atoms with Crippen molar-refractivity contribution < 1.29 is 14.2 Å². The van der Waals surface area contributed by atoms with Gasteiger partial charge in [0.1, 0.15) is 6.10 Å². The molecule has 2 aliphatic rings. The van der Waals surface area contributed by atoms with Gasteiger partial charge in [-0.25, -0.2) is 4.98 Å². The summed E-state index contributed by atoms with van der Waals surface area (Å²) in [7, 11) is 0. The molecule has 0 spiro atoms. The minimum Gasteiger partial charge on any atom is -0.456 e. The van der Waals surface area contributed by atoms with Crippen LogP contribution in [0.15, 0.2) is 60.9 Å². The van der Waals surface area contributed by atoms with E-state index in [4.69, 9.17) is 30.8 Å². The van der Waals surface area contributed by atoms with Gasteiger partial charge in [0, 0.05) is 12.2 Å². The molecule has 2 saturated heterocycles. The van der Waals surface area contributed by atoms with E-state index in [1.54, 1.807) is 4.80 Å². The van der Waals surface area contributed by atoms with Crippen LogP contribution in [-0.4, -0.2) is 66.7 Å². The number of ether oxygens (including phenoxy) is 3. The Balaban J connectivity index is 1.09. The molecular weight excluding hydrogens is 494 g/mol. The predicted octanol–water partition coefficient (Wildman–Crippen LogP) is 3.92. The molecule has 3 aromatic heterocycles. The zero-order chi connectivity index (χ0) is 24.8. The molecule has 37 heavy (non-hydrogen) atoms. The fraction of sp³-hybridized carbons (Fsp3) is 0.269. The molecule has 0 bridgehead atoms. The van der Waals surface area contributed by atoms with Crippen LogP contribution in [0.1, 0.15) is 12.0 Å². The summed E-state index contributed by atoms with van der Waals surface area (Å²) in [5.74, 6) is 0. The van der Waals surface area contributed by atoms with Gasteiger partial charge in [-0.05, 0) is 34.4 Å². The van der Waals surface area contributed by atoms with Crippen molar-refractivity contribution in [3.05, 3.63) is 71.5 Å². The van der Waals surface area contributed by atoms with Crippen LogP contribution < -0.4 is 4.74 Å². The van der Waals surface area contributed by atoms with Gasteiger partial charge in [0.2, 0.25) is 0 Å². The Morgan fingerprint density at radius 1 is 1.00 bits per heavy atom. The lowest BCUT2D eigenvalue weighted by molar-refractivity contribution is 0.0273. The molecule has 1 unspecified atom stereocenters. The normalized spacial score (nSPS) is 20.9. The number of pyridine rings is 1. The number of benzene rings is 2. The van der Waals surface area contributed by atoms with E-state index in [9.17, 15) is 0 Å². The molecule has 11 heteroatoms. The maximum Gasteiger partial charge on any atom is 0.296 e. The second-order valence-electron chi connectivity index (χ2n) is 9.12. The highest BCUT2D eigenvalue weighted by molar-refractivity contribution is 6.33. The minimum atomic E-state index is -0.191. The molecule has 2 fully saturated rings. The van der Waals surface area contributed by atoms with Crippen LogP contribution in [0.25, 0.3) is 33.5 Å². The Labute approximate surface area is 216 Å². The summed E-state index contributed by atoms with van der Waals surface area (Å²) in [4.78, 5) is 14.0. The first-order chi connectivity index (χ1) is 18.2. The summed E-state index contributed by atoms with van der Waals surface area (Å²) < 4.78 is 17.6. The van der Waals surface area contributed by atoms with Crippen LogP contribution in [0.5, 0.6) is 6.01 Å². The Morgan fingerprint density at radius 2 is 1.78 bits per heavy atom. The standard InChI is InChI=1S/C26H22ClN7O3/c27-19-11-20-25(32-26(30-20)37-22-13-36-21-9-10-35-24(21)22)31-23(19)18-7-5-17(6-8-18)16-3-1-15(2-4-16)12-34-29-14-28-33-34/h1-8,11,14,21-22,24H,9-10,12-13H2,(H,30,31,32)/t21-,22?,24+/m1/s1. The fourth-order valence-corrected chi connectivity index (χ4v) is 5.14. The monoisotopic (exact) mass is 515 g/mol. The number of hydrogen-bond donors (Lipinski definition) is 1. The van der Waals surface area contributed by atoms with Crippen molar-refractivity contribution in [3.8, 4) is 28.4 Å². The minimum absolute atomic E-state index is 0.0549. The molecule has 0 aliphatic carbocycles. The quantitative estimate of drug-likeness (QED) is 0.362. The van der Waals surface area contributed by atoms with Gasteiger partial charge in [0.05, 0.1) is 35.5 Å². The first-order valence-electron chi connectivity index (χ1n) is 12.1. The number of H-pyrrole nitrogens is 1. The molecule has 5 heterocycles. The van der Waals surface area contributed by atoms with Gasteiger partial charge in [-0.1, -0.05) is 60.1 Å². The number of nitrogens with one attached hydrogen (secondary N) is 1. The molecule has 10 nitrogen and oxygen atoms in total. The van der Waals surface area contributed by atoms with E-state index in [1.807, 2.05) is 18.2 Å². The maximum atomic E-state index is 6.62. The zero-order valence-electron chi connectivity index (χ0n) is 19.6. The highest BCUT2D eigenvalue weighted by Crippen LogP contribution is 2.33. The first kappa shape index (κ1) is 22.3. The van der Waals surface area contributed by atoms with Crippen LogP contribution in [0.3, 0.4) is 0 Å². The number of imidazole rings is 1. The molecule has 3 atom stereocenters. The maximum absolute atomic E-state index is 6.62. The van der Waals surface area contributed by atoms with Gasteiger partial charge >= 0.3 is 0 Å². The van der Waals surface area contributed by atoms with Crippen molar-refractivity contribution in [2.24, 2.45) is 0 Å². The molecule has 7 rings (SSSR count). The van der Waals surface area contributed by atoms with E-state index in [0.29, 0.717) is 47.6 Å². The average Bonchev–Trinajstić information content (AvgIpc) is 3.71. The SMILES string of the molecule is Clc1cc2[nH]c(OC3CO[C@@H]4CCO[C@H]34)nc2nc1-c1ccc(-c2ccc(Cn3ncnn3)cc2)cc1. The van der Waals surface area contributed by atoms with Crippen molar-refractivity contribution in [2.75, 3.05) is 13.2 Å². The van der Waals surface area contributed by atoms with Crippen molar-refractivity contribution >= 4 is 22.8 Å². The molecule has 0 saturated carbocycles. The number of aromatic amines is 1. The second-order valence-corrected chi connectivity index (χ2v) is 9.53. The third-order valence-corrected chi connectivity index (χ3v) is 7.04. The van der Waals surface area contributed by atoms with E-state index in [1.165, 1.54) is 6.33 Å². The highest BCUT2D eigenvalue weighted by atomic mass is 35.5. The summed E-state index contributed by atoms with van der Waals surface area (Å²) in [5.41, 5.74) is 6.12. The molecule has 186 valence electrons. The highest BCUT2D eigenvalue weighted by Gasteiger charge is 2.43. The molecule has 1 N–H and O–H groups in total. The Bertz CT molecular complexity index is 1540. The van der Waals surface area contributed by atoms with Crippen LogP contribution in [0, 0.1) is 0 Å². The van der Waals surface area contributed by atoms with E-state index in [-0.39, 0.29) is 18.3 Å². The van der Waals surface area contributed by atoms with Gasteiger partial charge in [-0.3, -0.25) is 0 Å². The summed E-state index contributed by atoms with van der Waals surface area (Å²) in [6.45, 7) is 1.76. The number of aromatic nitrogens is 7. The van der Waals surface area contributed by atoms with Crippen LogP contribution in [0.2, 0.25) is 5.02 Å². The van der Waals surface area contributed by atoms with Crippen molar-refractivity contribution in [3.63, 3.8) is 0 Å². The lowest BCUT2D eigenvalue weighted by atomic mass is 10.0. The number of fused-ring (bicyclic) bond motifs is 2. The predicted molar refractivity (Wildman–Crippen MR) is 135 cm³/mol. The topological polar surface area (TPSA) is 113 Å². The third-order valence-electron chi connectivity index (χ3n) is 6.75. The van der Waals surface area contributed by atoms with Crippen LogP contribution >= 0.6 is 11.6 Å². The number of tetrazole rings is 1. The molecule has 2 aliphatic heterocycles. The van der Waals surface area contributed by atoms with Crippen molar-refractivity contribution in [2.45, 2.75) is 31.3 Å². The van der Waals surface area contributed by atoms with Crippen LogP contribution in [0.4, 0.5) is 0 Å². The van der Waals surface area contributed by atoms with Crippen molar-refractivity contribution in [1.82, 2.24) is 35.2 Å². The summed E-state index contributed by atoms with van der Waals surface area (Å²) >= 11 is 6.62. The Hall–Kier alpha value is -3.86. The second kappa shape index (κ2) is 9.22. The van der Waals surface area contributed by atoms with Crippen LogP contribution in [-0.2, 0) is 16.0 Å². The Morgan fingerprint density at radius 3 is 2.57 bits per heavy atom. The Kier molecular flexibility index (Phi) is 5.57. The summed E-state index contributed by atoms with van der Waals surface area (Å²) in [6, 6.07) is 18.6. The van der Waals surface area contributed by atoms with Gasteiger partial charge in [0.25, 0.3) is 6.01 Å². The van der Waals surface area contributed by atoms with Gasteiger partial charge in [-0.2, -0.15) is 9.78 Å². The van der Waals surface area contributed by atoms with E-state index < -0.39 is 0 Å². The summed E-state index contributed by atoms with van der Waals surface area (Å²) in [5, 5.41) is 12.2. The van der Waals surface area contributed by atoms with Gasteiger partial charge in [-0.15, -0.1) is 10.2 Å². The van der Waals surface area contributed by atoms with Crippen molar-refractivity contribution in [1.29, 1.82) is 0 Å².